The summed E-state index contributed by atoms with van der Waals surface area (Å²) in [7, 11) is 4.05. The Morgan fingerprint density at radius 2 is 1.97 bits per heavy atom. The normalized spacial score (nSPS) is 12.4. The lowest BCUT2D eigenvalue weighted by Crippen LogP contribution is -2.38. The maximum atomic E-state index is 12.0. The smallest absolute Gasteiger partial charge is 0.350 e. The highest BCUT2D eigenvalue weighted by atomic mass is 32.1. The molecular formula is C21H31N5O2S. The summed E-state index contributed by atoms with van der Waals surface area (Å²) < 4.78 is 5.10. The van der Waals surface area contributed by atoms with Gasteiger partial charge in [-0.25, -0.2) is 14.8 Å². The van der Waals surface area contributed by atoms with E-state index in [1.807, 2.05) is 34.9 Å². The van der Waals surface area contributed by atoms with Crippen molar-refractivity contribution in [3.8, 4) is 0 Å². The number of anilines is 1. The highest BCUT2D eigenvalue weighted by Crippen LogP contribution is 2.24. The number of rotatable bonds is 8. The van der Waals surface area contributed by atoms with E-state index in [0.717, 1.165) is 22.8 Å². The van der Waals surface area contributed by atoms with E-state index in [2.05, 4.69) is 49.8 Å². The molecule has 7 nitrogen and oxygen atoms in total. The third-order valence-electron chi connectivity index (χ3n) is 4.21. The molecule has 8 heteroatoms. The molecule has 0 amide bonds. The van der Waals surface area contributed by atoms with Crippen LogP contribution in [0.1, 0.15) is 52.7 Å². The molecule has 2 aromatic rings. The number of ether oxygens (including phenoxy) is 1. The quantitative estimate of drug-likeness (QED) is 0.389. The highest BCUT2D eigenvalue weighted by molar-refractivity contribution is 7.13. The average molecular weight is 418 g/mol. The molecule has 1 aromatic heterocycles. The maximum absolute atomic E-state index is 12.0. The Labute approximate surface area is 177 Å². The van der Waals surface area contributed by atoms with Crippen LogP contribution in [-0.4, -0.2) is 44.2 Å². The molecule has 2 N–H and O–H groups in total. The lowest BCUT2D eigenvalue weighted by Gasteiger charge is -2.16. The number of aliphatic imine (C=N–C) groups is 1. The largest absolute Gasteiger partial charge is 0.462 e. The fraction of sp³-hybridized carbons (Fsp3) is 0.476. The van der Waals surface area contributed by atoms with Crippen molar-refractivity contribution in [1.29, 1.82) is 0 Å². The van der Waals surface area contributed by atoms with Crippen molar-refractivity contribution in [2.45, 2.75) is 40.3 Å². The van der Waals surface area contributed by atoms with Crippen LogP contribution in [0.15, 0.2) is 29.3 Å². The summed E-state index contributed by atoms with van der Waals surface area (Å²) in [6.07, 6.45) is 0. The van der Waals surface area contributed by atoms with Gasteiger partial charge in [0.15, 0.2) is 5.96 Å². The number of benzene rings is 1. The van der Waals surface area contributed by atoms with Gasteiger partial charge in [0.1, 0.15) is 9.88 Å². The molecule has 0 aliphatic carbocycles. The molecule has 1 unspecified atom stereocenters. The lowest BCUT2D eigenvalue weighted by molar-refractivity contribution is 0.0531. The van der Waals surface area contributed by atoms with Crippen molar-refractivity contribution in [2.75, 3.05) is 32.1 Å². The molecule has 1 heterocycles. The standard InChI is InChI=1S/C21H31N5O2S/c1-7-22-21(23-13-16-9-11-17(12-10-16)26(5)6)25-15(4)19-24-14(3)18(29-19)20(27)28-8-2/h9-12,15H,7-8,13H2,1-6H3,(H2,22,23,25). The molecule has 0 aliphatic heterocycles. The molecule has 0 aliphatic rings. The minimum atomic E-state index is -0.317. The van der Waals surface area contributed by atoms with Gasteiger partial charge in [0, 0.05) is 26.3 Å². The number of hydrogen-bond acceptors (Lipinski definition) is 6. The maximum Gasteiger partial charge on any atom is 0.350 e. The minimum absolute atomic E-state index is 0.0872. The van der Waals surface area contributed by atoms with Crippen molar-refractivity contribution < 1.29 is 9.53 Å². The molecule has 0 saturated heterocycles. The summed E-state index contributed by atoms with van der Waals surface area (Å²) in [4.78, 5) is 23.9. The van der Waals surface area contributed by atoms with Crippen molar-refractivity contribution >= 4 is 29.0 Å². The SMILES string of the molecule is CCNC(=NCc1ccc(N(C)C)cc1)NC(C)c1nc(C)c(C(=O)OCC)s1. The molecule has 158 valence electrons. The zero-order valence-electron chi connectivity index (χ0n) is 18.1. The molecule has 29 heavy (non-hydrogen) atoms. The molecule has 0 saturated carbocycles. The van der Waals surface area contributed by atoms with Gasteiger partial charge in [-0.05, 0) is 45.4 Å². The van der Waals surface area contributed by atoms with Crippen molar-refractivity contribution in [2.24, 2.45) is 4.99 Å². The van der Waals surface area contributed by atoms with E-state index in [1.165, 1.54) is 11.3 Å². The minimum Gasteiger partial charge on any atom is -0.462 e. The van der Waals surface area contributed by atoms with Gasteiger partial charge in [0.2, 0.25) is 0 Å². The van der Waals surface area contributed by atoms with Gasteiger partial charge in [0.25, 0.3) is 0 Å². The number of aryl methyl sites for hydroxylation is 1. The first kappa shape index (κ1) is 22.7. The topological polar surface area (TPSA) is 78.9 Å². The molecule has 0 radical (unpaired) electrons. The number of carbonyl (C=O) groups excluding carboxylic acids is 1. The first-order chi connectivity index (χ1) is 13.8. The van der Waals surface area contributed by atoms with Crippen LogP contribution >= 0.6 is 11.3 Å². The van der Waals surface area contributed by atoms with Gasteiger partial charge >= 0.3 is 5.97 Å². The summed E-state index contributed by atoms with van der Waals surface area (Å²) in [5.74, 6) is 0.393. The highest BCUT2D eigenvalue weighted by Gasteiger charge is 2.20. The predicted octanol–water partition coefficient (Wildman–Crippen LogP) is 3.51. The summed E-state index contributed by atoms with van der Waals surface area (Å²) in [5.41, 5.74) is 2.99. The number of guanidine groups is 1. The van der Waals surface area contributed by atoms with Crippen LogP contribution in [-0.2, 0) is 11.3 Å². The molecule has 0 bridgehead atoms. The number of carbonyl (C=O) groups is 1. The molecule has 0 fully saturated rings. The Balaban J connectivity index is 2.08. The van der Waals surface area contributed by atoms with Gasteiger partial charge in [-0.15, -0.1) is 11.3 Å². The Hall–Kier alpha value is -2.61. The fourth-order valence-electron chi connectivity index (χ4n) is 2.65. The van der Waals surface area contributed by atoms with Crippen molar-refractivity contribution in [3.05, 3.63) is 45.4 Å². The van der Waals surface area contributed by atoms with E-state index in [1.54, 1.807) is 6.92 Å². The van der Waals surface area contributed by atoms with Crippen LogP contribution < -0.4 is 15.5 Å². The lowest BCUT2D eigenvalue weighted by atomic mass is 10.2. The average Bonchev–Trinajstić information content (AvgIpc) is 3.08. The van der Waals surface area contributed by atoms with Crippen LogP contribution in [0.4, 0.5) is 5.69 Å². The van der Waals surface area contributed by atoms with Gasteiger partial charge in [-0.3, -0.25) is 0 Å². The van der Waals surface area contributed by atoms with E-state index >= 15 is 0 Å². The number of thiazole rings is 1. The summed E-state index contributed by atoms with van der Waals surface area (Å²) in [6.45, 7) is 9.34. The first-order valence-corrected chi connectivity index (χ1v) is 10.6. The Morgan fingerprint density at radius 1 is 1.28 bits per heavy atom. The van der Waals surface area contributed by atoms with E-state index in [4.69, 9.17) is 4.74 Å². The third kappa shape index (κ3) is 6.45. The van der Waals surface area contributed by atoms with Crippen LogP contribution in [0.2, 0.25) is 0 Å². The number of nitrogens with zero attached hydrogens (tertiary/aromatic N) is 3. The van der Waals surface area contributed by atoms with Crippen LogP contribution in [0.25, 0.3) is 0 Å². The Kier molecular flexibility index (Phi) is 8.45. The Morgan fingerprint density at radius 3 is 2.55 bits per heavy atom. The van der Waals surface area contributed by atoms with Gasteiger partial charge in [-0.2, -0.15) is 0 Å². The van der Waals surface area contributed by atoms with E-state index < -0.39 is 0 Å². The number of hydrogen-bond donors (Lipinski definition) is 2. The summed E-state index contributed by atoms with van der Waals surface area (Å²) in [6, 6.07) is 8.26. The number of esters is 1. The van der Waals surface area contributed by atoms with E-state index in [9.17, 15) is 4.79 Å². The van der Waals surface area contributed by atoms with Gasteiger partial charge in [-0.1, -0.05) is 12.1 Å². The monoisotopic (exact) mass is 417 g/mol. The second kappa shape index (κ2) is 10.8. The van der Waals surface area contributed by atoms with Gasteiger partial charge < -0.3 is 20.3 Å². The van der Waals surface area contributed by atoms with Crippen LogP contribution in [0.3, 0.4) is 0 Å². The zero-order valence-corrected chi connectivity index (χ0v) is 18.9. The second-order valence-electron chi connectivity index (χ2n) is 6.81. The Bertz CT molecular complexity index is 830. The molecule has 2 rings (SSSR count). The van der Waals surface area contributed by atoms with E-state index in [0.29, 0.717) is 29.7 Å². The van der Waals surface area contributed by atoms with Gasteiger partial charge in [0.05, 0.1) is 24.9 Å². The molecule has 1 aromatic carbocycles. The second-order valence-corrected chi connectivity index (χ2v) is 7.84. The molecule has 1 atom stereocenters. The van der Waals surface area contributed by atoms with Crippen LogP contribution in [0.5, 0.6) is 0 Å². The molecule has 0 spiro atoms. The molecular weight excluding hydrogens is 386 g/mol. The number of nitrogens with one attached hydrogen (secondary N) is 2. The van der Waals surface area contributed by atoms with Crippen LogP contribution in [0, 0.1) is 6.92 Å². The fourth-order valence-corrected chi connectivity index (χ4v) is 3.61. The number of aromatic nitrogens is 1. The first-order valence-electron chi connectivity index (χ1n) is 9.81. The summed E-state index contributed by atoms with van der Waals surface area (Å²) >= 11 is 1.36. The zero-order chi connectivity index (χ0) is 21.4. The third-order valence-corrected chi connectivity index (χ3v) is 5.53. The van der Waals surface area contributed by atoms with E-state index in [-0.39, 0.29) is 12.0 Å². The van der Waals surface area contributed by atoms with Crippen molar-refractivity contribution in [1.82, 2.24) is 15.6 Å². The predicted molar refractivity (Wildman–Crippen MR) is 120 cm³/mol. The van der Waals surface area contributed by atoms with Crippen molar-refractivity contribution in [3.63, 3.8) is 0 Å². The summed E-state index contributed by atoms with van der Waals surface area (Å²) in [5, 5.41) is 7.46.